The van der Waals surface area contributed by atoms with Crippen molar-refractivity contribution in [3.05, 3.63) is 89.0 Å². The van der Waals surface area contributed by atoms with Gasteiger partial charge in [0.1, 0.15) is 18.2 Å². The van der Waals surface area contributed by atoms with E-state index in [1.165, 1.54) is 49.4 Å². The number of phenols is 1. The number of nitrogens with zero attached hydrogens (tertiary/aromatic N) is 4. The highest BCUT2D eigenvalue weighted by Gasteiger charge is 2.39. The van der Waals surface area contributed by atoms with E-state index in [-0.39, 0.29) is 24.3 Å². The van der Waals surface area contributed by atoms with E-state index in [1.54, 1.807) is 42.5 Å². The summed E-state index contributed by atoms with van der Waals surface area (Å²) >= 11 is 0. The number of aromatic hydroxyl groups is 1. The summed E-state index contributed by atoms with van der Waals surface area (Å²) in [4.78, 5) is 26.9. The molecule has 0 saturated heterocycles. The number of aliphatic hydroxyl groups excluding tert-OH is 1. The van der Waals surface area contributed by atoms with Gasteiger partial charge >= 0.3 is 0 Å². The highest BCUT2D eigenvalue weighted by atomic mass is 32.2. The van der Waals surface area contributed by atoms with E-state index in [0.29, 0.717) is 17.1 Å². The average Bonchev–Trinajstić information content (AvgIpc) is 3.41. The first kappa shape index (κ1) is 28.5. The summed E-state index contributed by atoms with van der Waals surface area (Å²) in [6.07, 6.45) is 2.00. The monoisotopic (exact) mass is 567 g/mol. The Hall–Kier alpha value is -4.49. The molecule has 2 atom stereocenters. The number of benzene rings is 2. The summed E-state index contributed by atoms with van der Waals surface area (Å²) in [5, 5.41) is 31.6. The number of nitrogens with one attached hydrogen (secondary N) is 1. The van der Waals surface area contributed by atoms with Crippen molar-refractivity contribution in [3.63, 3.8) is 0 Å². The molecule has 2 unspecified atom stereocenters. The molecular formula is C27H29N5O7S. The zero-order valence-corrected chi connectivity index (χ0v) is 22.9. The minimum Gasteiger partial charge on any atom is -0.507 e. The van der Waals surface area contributed by atoms with Gasteiger partial charge in [-0.25, -0.2) is 8.42 Å². The maximum Gasteiger partial charge on any atom is 0.255 e. The van der Waals surface area contributed by atoms with Crippen molar-refractivity contribution >= 4 is 15.7 Å². The molecule has 2 aromatic carbocycles. The number of hydrogen-bond donors (Lipinski definition) is 3. The molecule has 0 saturated carbocycles. The lowest BCUT2D eigenvalue weighted by atomic mass is 10.0. The van der Waals surface area contributed by atoms with Crippen molar-refractivity contribution in [2.24, 2.45) is 0 Å². The van der Waals surface area contributed by atoms with Gasteiger partial charge in [-0.05, 0) is 48.4 Å². The Morgan fingerprint density at radius 1 is 1.12 bits per heavy atom. The molecule has 0 fully saturated rings. The van der Waals surface area contributed by atoms with E-state index in [4.69, 9.17) is 4.74 Å². The molecule has 2 heterocycles. The van der Waals surface area contributed by atoms with Gasteiger partial charge in [-0.1, -0.05) is 24.3 Å². The van der Waals surface area contributed by atoms with Gasteiger partial charge in [0.25, 0.3) is 17.3 Å². The summed E-state index contributed by atoms with van der Waals surface area (Å²) in [5.41, 5.74) is 1.45. The van der Waals surface area contributed by atoms with Gasteiger partial charge in [-0.2, -0.15) is 5.10 Å². The van der Waals surface area contributed by atoms with Crippen LogP contribution in [0.15, 0.2) is 77.9 Å². The highest BCUT2D eigenvalue weighted by molar-refractivity contribution is 7.92. The van der Waals surface area contributed by atoms with Crippen LogP contribution in [-0.4, -0.2) is 68.8 Å². The Bertz CT molecular complexity index is 1680. The molecule has 2 aromatic heterocycles. The maximum atomic E-state index is 12.9. The molecule has 4 rings (SSSR count). The van der Waals surface area contributed by atoms with Crippen LogP contribution >= 0.6 is 0 Å². The van der Waals surface area contributed by atoms with Crippen molar-refractivity contribution < 1.29 is 28.2 Å². The van der Waals surface area contributed by atoms with Crippen LogP contribution in [0.1, 0.15) is 29.9 Å². The van der Waals surface area contributed by atoms with Crippen LogP contribution in [0.5, 0.6) is 11.6 Å². The number of carbonyl (C=O) groups excluding carboxylic acids is 1. The second-order valence-corrected chi connectivity index (χ2v) is 12.0. The number of aliphatic hydroxyl groups is 1. The molecular weight excluding hydrogens is 538 g/mol. The van der Waals surface area contributed by atoms with Gasteiger partial charge in [0.05, 0.1) is 23.1 Å². The van der Waals surface area contributed by atoms with Gasteiger partial charge in [-0.3, -0.25) is 14.2 Å². The normalized spacial score (nSPS) is 13.8. The number of carbonyl (C=O) groups is 1. The number of amides is 1. The number of sulfone groups is 1. The molecule has 40 heavy (non-hydrogen) atoms. The first-order chi connectivity index (χ1) is 18.9. The molecule has 13 heteroatoms. The third-order valence-electron chi connectivity index (χ3n) is 6.66. The van der Waals surface area contributed by atoms with Gasteiger partial charge in [-0.15, -0.1) is 9.90 Å². The minimum absolute atomic E-state index is 0.0145. The molecule has 0 aliphatic heterocycles. The zero-order valence-electron chi connectivity index (χ0n) is 22.1. The van der Waals surface area contributed by atoms with E-state index in [1.807, 2.05) is 0 Å². The van der Waals surface area contributed by atoms with E-state index in [9.17, 15) is 28.2 Å². The Labute approximate surface area is 230 Å². The number of phenolic OH excluding ortho intramolecular Hbond substituents is 1. The highest BCUT2D eigenvalue weighted by Crippen LogP contribution is 2.27. The van der Waals surface area contributed by atoms with Gasteiger partial charge in [0.2, 0.25) is 0 Å². The van der Waals surface area contributed by atoms with E-state index in [0.717, 1.165) is 16.4 Å². The molecule has 4 aromatic rings. The van der Waals surface area contributed by atoms with Gasteiger partial charge in [0, 0.05) is 31.5 Å². The number of pyridine rings is 1. The number of aromatic nitrogens is 4. The minimum atomic E-state index is -3.82. The summed E-state index contributed by atoms with van der Waals surface area (Å²) in [5.74, 6) is -0.547. The summed E-state index contributed by atoms with van der Waals surface area (Å²) in [6, 6.07) is 15.9. The van der Waals surface area contributed by atoms with Crippen molar-refractivity contribution in [1.29, 1.82) is 0 Å². The quantitative estimate of drug-likeness (QED) is 0.260. The lowest BCUT2D eigenvalue weighted by Gasteiger charge is -2.30. The predicted molar refractivity (Wildman–Crippen MR) is 147 cm³/mol. The topological polar surface area (TPSA) is 166 Å². The molecule has 0 spiro atoms. The Kier molecular flexibility index (Phi) is 8.07. The van der Waals surface area contributed by atoms with E-state index in [2.05, 4.69) is 15.5 Å². The first-order valence-electron chi connectivity index (χ1n) is 12.1. The van der Waals surface area contributed by atoms with Crippen LogP contribution in [-0.2, 0) is 9.84 Å². The number of para-hydroxylation sites is 1. The van der Waals surface area contributed by atoms with E-state index >= 15 is 0 Å². The van der Waals surface area contributed by atoms with Gasteiger partial charge in [0.15, 0.2) is 9.84 Å². The molecule has 210 valence electrons. The lowest BCUT2D eigenvalue weighted by molar-refractivity contribution is 0.0767. The molecule has 0 bridgehead atoms. The molecule has 0 aliphatic carbocycles. The molecule has 0 aliphatic rings. The maximum absolute atomic E-state index is 12.9. The van der Waals surface area contributed by atoms with Crippen LogP contribution in [0.25, 0.3) is 16.8 Å². The van der Waals surface area contributed by atoms with Crippen LogP contribution in [0.2, 0.25) is 0 Å². The summed E-state index contributed by atoms with van der Waals surface area (Å²) < 4.78 is 29.8. The molecule has 0 radical (unpaired) electrons. The Morgan fingerprint density at radius 2 is 1.82 bits per heavy atom. The third kappa shape index (κ3) is 6.05. The van der Waals surface area contributed by atoms with Crippen LogP contribution in [0.3, 0.4) is 0 Å². The molecule has 12 nitrogen and oxygen atoms in total. The van der Waals surface area contributed by atoms with Crippen LogP contribution < -0.4 is 15.6 Å². The number of ether oxygens (including phenoxy) is 1. The smallest absolute Gasteiger partial charge is 0.255 e. The number of rotatable bonds is 10. The van der Waals surface area contributed by atoms with Crippen molar-refractivity contribution in [2.45, 2.75) is 24.3 Å². The van der Waals surface area contributed by atoms with Crippen LogP contribution in [0.4, 0.5) is 0 Å². The third-order valence-corrected chi connectivity index (χ3v) is 8.76. The fourth-order valence-electron chi connectivity index (χ4n) is 4.04. The fourth-order valence-corrected chi connectivity index (χ4v) is 4.82. The Balaban J connectivity index is 1.50. The van der Waals surface area contributed by atoms with Crippen LogP contribution in [0, 0.1) is 0 Å². The standard InChI is InChI=1S/C27H29N5O7S/c1-27(40(3,37)38,17-28-26(36)21-6-4-5-7-22(21)33)15-25(35)31-13-12-19(14-24(31)34)18-8-10-20(11-9-18)32-29-16-23(30-32)39-2/h4-14,16,25,33,35H,15,17H2,1-3H3,(H,28,36). The second kappa shape index (κ2) is 11.3. The Morgan fingerprint density at radius 3 is 2.42 bits per heavy atom. The summed E-state index contributed by atoms with van der Waals surface area (Å²) in [6.45, 7) is 1.02. The zero-order chi connectivity index (χ0) is 29.1. The fraction of sp³-hybridized carbons (Fsp3) is 0.259. The van der Waals surface area contributed by atoms with E-state index < -0.39 is 32.3 Å². The molecule has 3 N–H and O–H groups in total. The SMILES string of the molecule is COc1cnn(-c2ccc(-c3ccn(C(O)CC(C)(CNC(=O)c4ccccc4O)S(C)(=O)=O)c(=O)c3)cc2)n1. The lowest BCUT2D eigenvalue weighted by Crippen LogP contribution is -2.48. The summed E-state index contributed by atoms with van der Waals surface area (Å²) in [7, 11) is -2.32. The van der Waals surface area contributed by atoms with Gasteiger partial charge < -0.3 is 20.3 Å². The largest absolute Gasteiger partial charge is 0.507 e. The average molecular weight is 568 g/mol. The van der Waals surface area contributed by atoms with Crippen molar-refractivity contribution in [1.82, 2.24) is 24.9 Å². The predicted octanol–water partition coefficient (Wildman–Crippen LogP) is 1.92. The first-order valence-corrected chi connectivity index (χ1v) is 14.0. The number of methoxy groups -OCH3 is 1. The second-order valence-electron chi connectivity index (χ2n) is 9.49. The molecule has 1 amide bonds. The van der Waals surface area contributed by atoms with Crippen molar-refractivity contribution in [3.8, 4) is 28.4 Å². The van der Waals surface area contributed by atoms with Crippen molar-refractivity contribution in [2.75, 3.05) is 19.9 Å². The number of hydrogen-bond acceptors (Lipinski definition) is 9.